The number of aryl methyl sites for hydroxylation is 1. The molecule has 1 unspecified atom stereocenters. The smallest absolute Gasteiger partial charge is 0.0795 e. The van der Waals surface area contributed by atoms with Crippen LogP contribution in [0.2, 0.25) is 0 Å². The van der Waals surface area contributed by atoms with E-state index in [9.17, 15) is 0 Å². The lowest BCUT2D eigenvalue weighted by molar-refractivity contribution is 0.119. The molecular formula is C12H19NO. The number of rotatable bonds is 5. The summed E-state index contributed by atoms with van der Waals surface area (Å²) in [6.45, 7) is 2.82. The molecule has 1 atom stereocenters. The quantitative estimate of drug-likeness (QED) is 0.778. The maximum absolute atomic E-state index is 5.50. The minimum atomic E-state index is 0.170. The molecule has 0 saturated heterocycles. The molecule has 2 nitrogen and oxygen atoms in total. The molecule has 0 aliphatic heterocycles. The number of hydrogen-bond acceptors (Lipinski definition) is 2. The molecule has 0 aliphatic carbocycles. The van der Waals surface area contributed by atoms with Crippen LogP contribution in [0.1, 0.15) is 30.6 Å². The largest absolute Gasteiger partial charge is 0.377 e. The van der Waals surface area contributed by atoms with Gasteiger partial charge in [-0.25, -0.2) is 0 Å². The average Bonchev–Trinajstić information content (AvgIpc) is 2.25. The van der Waals surface area contributed by atoms with Crippen LogP contribution in [0.3, 0.4) is 0 Å². The summed E-state index contributed by atoms with van der Waals surface area (Å²) in [5, 5.41) is 0. The molecule has 0 aromatic heterocycles. The van der Waals surface area contributed by atoms with E-state index in [0.717, 1.165) is 19.4 Å². The minimum Gasteiger partial charge on any atom is -0.377 e. The normalized spacial score (nSPS) is 12.8. The fraction of sp³-hybridized carbons (Fsp3) is 0.500. The molecule has 0 radical (unpaired) electrons. The van der Waals surface area contributed by atoms with Crippen LogP contribution in [-0.4, -0.2) is 13.7 Å². The van der Waals surface area contributed by atoms with Gasteiger partial charge in [-0.05, 0) is 37.4 Å². The van der Waals surface area contributed by atoms with Gasteiger partial charge in [0, 0.05) is 7.11 Å². The van der Waals surface area contributed by atoms with Gasteiger partial charge in [-0.2, -0.15) is 0 Å². The van der Waals surface area contributed by atoms with Crippen molar-refractivity contribution in [2.75, 3.05) is 13.7 Å². The molecule has 0 aliphatic rings. The summed E-state index contributed by atoms with van der Waals surface area (Å²) in [4.78, 5) is 0. The molecule has 0 heterocycles. The molecule has 0 amide bonds. The fourth-order valence-electron chi connectivity index (χ4n) is 1.58. The predicted octanol–water partition coefficient (Wildman–Crippen LogP) is 2.29. The van der Waals surface area contributed by atoms with Crippen LogP contribution in [0.25, 0.3) is 0 Å². The van der Waals surface area contributed by atoms with E-state index >= 15 is 0 Å². The van der Waals surface area contributed by atoms with Gasteiger partial charge in [0.1, 0.15) is 0 Å². The first-order valence-electron chi connectivity index (χ1n) is 5.10. The highest BCUT2D eigenvalue weighted by molar-refractivity contribution is 5.29. The molecule has 0 saturated carbocycles. The fourth-order valence-corrected chi connectivity index (χ4v) is 1.58. The van der Waals surface area contributed by atoms with Crippen LogP contribution < -0.4 is 5.73 Å². The van der Waals surface area contributed by atoms with Gasteiger partial charge >= 0.3 is 0 Å². The first-order valence-corrected chi connectivity index (χ1v) is 5.10. The Balaban J connectivity index is 2.79. The molecule has 1 aromatic carbocycles. The topological polar surface area (TPSA) is 35.2 Å². The van der Waals surface area contributed by atoms with E-state index < -0.39 is 0 Å². The van der Waals surface area contributed by atoms with Crippen molar-refractivity contribution in [3.63, 3.8) is 0 Å². The van der Waals surface area contributed by atoms with Gasteiger partial charge in [0.25, 0.3) is 0 Å². The molecule has 1 aromatic rings. The van der Waals surface area contributed by atoms with Crippen molar-refractivity contribution in [3.8, 4) is 0 Å². The van der Waals surface area contributed by atoms with E-state index in [2.05, 4.69) is 31.2 Å². The molecule has 0 fully saturated rings. The summed E-state index contributed by atoms with van der Waals surface area (Å²) in [7, 11) is 1.74. The van der Waals surface area contributed by atoms with Gasteiger partial charge < -0.3 is 10.5 Å². The zero-order chi connectivity index (χ0) is 10.4. The van der Waals surface area contributed by atoms with Gasteiger partial charge in [-0.3, -0.25) is 0 Å². The molecule has 0 bridgehead atoms. The Morgan fingerprint density at radius 2 is 2.07 bits per heavy atom. The lowest BCUT2D eigenvalue weighted by atomic mass is 9.99. The van der Waals surface area contributed by atoms with Crippen molar-refractivity contribution >= 4 is 0 Å². The van der Waals surface area contributed by atoms with Gasteiger partial charge in [-0.15, -0.1) is 0 Å². The zero-order valence-corrected chi connectivity index (χ0v) is 8.99. The van der Waals surface area contributed by atoms with E-state index in [1.165, 1.54) is 11.1 Å². The predicted molar refractivity (Wildman–Crippen MR) is 59.2 cm³/mol. The zero-order valence-electron chi connectivity index (χ0n) is 8.99. The Kier molecular flexibility index (Phi) is 4.63. The van der Waals surface area contributed by atoms with Crippen molar-refractivity contribution < 1.29 is 4.74 Å². The summed E-state index contributed by atoms with van der Waals surface area (Å²) in [5.74, 6) is 0. The first kappa shape index (κ1) is 11.2. The average molecular weight is 193 g/mol. The van der Waals surface area contributed by atoms with Gasteiger partial charge in [0.2, 0.25) is 0 Å². The third kappa shape index (κ3) is 2.82. The van der Waals surface area contributed by atoms with E-state index in [1.807, 2.05) is 0 Å². The first-order chi connectivity index (χ1) is 6.79. The summed E-state index contributed by atoms with van der Waals surface area (Å²) >= 11 is 0. The Bertz CT molecular complexity index is 273. The van der Waals surface area contributed by atoms with Crippen molar-refractivity contribution in [2.24, 2.45) is 5.73 Å². The van der Waals surface area contributed by atoms with Crippen molar-refractivity contribution in [2.45, 2.75) is 25.9 Å². The van der Waals surface area contributed by atoms with Crippen LogP contribution >= 0.6 is 0 Å². The van der Waals surface area contributed by atoms with Crippen molar-refractivity contribution in [1.82, 2.24) is 0 Å². The highest BCUT2D eigenvalue weighted by atomic mass is 16.5. The molecule has 78 valence electrons. The van der Waals surface area contributed by atoms with Crippen molar-refractivity contribution in [1.29, 1.82) is 0 Å². The van der Waals surface area contributed by atoms with E-state index in [-0.39, 0.29) is 6.10 Å². The number of ether oxygens (including phenoxy) is 1. The Morgan fingerprint density at radius 1 is 1.36 bits per heavy atom. The lowest BCUT2D eigenvalue weighted by Gasteiger charge is -2.14. The number of methoxy groups -OCH3 is 1. The maximum Gasteiger partial charge on any atom is 0.0795 e. The highest BCUT2D eigenvalue weighted by Gasteiger charge is 2.07. The summed E-state index contributed by atoms with van der Waals surface area (Å²) in [5.41, 5.74) is 8.14. The highest BCUT2D eigenvalue weighted by Crippen LogP contribution is 2.21. The molecule has 2 heteroatoms. The van der Waals surface area contributed by atoms with E-state index in [1.54, 1.807) is 7.11 Å². The lowest BCUT2D eigenvalue weighted by Crippen LogP contribution is -2.04. The SMILES string of the molecule is COC(C)c1ccccc1CCCN. The van der Waals surface area contributed by atoms with E-state index in [0.29, 0.717) is 0 Å². The Morgan fingerprint density at radius 3 is 2.71 bits per heavy atom. The third-order valence-corrected chi connectivity index (χ3v) is 2.50. The summed E-state index contributed by atoms with van der Waals surface area (Å²) in [6.07, 6.45) is 2.25. The molecular weight excluding hydrogens is 174 g/mol. The molecule has 1 rings (SSSR count). The Hall–Kier alpha value is -0.860. The van der Waals surface area contributed by atoms with Crippen LogP contribution in [0, 0.1) is 0 Å². The number of hydrogen-bond donors (Lipinski definition) is 1. The number of benzene rings is 1. The number of nitrogens with two attached hydrogens (primary N) is 1. The van der Waals surface area contributed by atoms with Crippen molar-refractivity contribution in [3.05, 3.63) is 35.4 Å². The second-order valence-corrected chi connectivity index (χ2v) is 3.47. The Labute approximate surface area is 86.1 Å². The van der Waals surface area contributed by atoms with Gasteiger partial charge in [-0.1, -0.05) is 24.3 Å². The second-order valence-electron chi connectivity index (χ2n) is 3.47. The second kappa shape index (κ2) is 5.78. The van der Waals surface area contributed by atoms with Gasteiger partial charge in [0.15, 0.2) is 0 Å². The summed E-state index contributed by atoms with van der Waals surface area (Å²) < 4.78 is 5.33. The molecule has 14 heavy (non-hydrogen) atoms. The molecule has 0 spiro atoms. The third-order valence-electron chi connectivity index (χ3n) is 2.50. The van der Waals surface area contributed by atoms with Gasteiger partial charge in [0.05, 0.1) is 6.10 Å². The summed E-state index contributed by atoms with van der Waals surface area (Å²) in [6, 6.07) is 8.40. The van der Waals surface area contributed by atoms with Crippen LogP contribution in [-0.2, 0) is 11.2 Å². The standard InChI is InChI=1S/C12H19NO/c1-10(14-2)12-8-4-3-6-11(12)7-5-9-13/h3-4,6,8,10H,5,7,9,13H2,1-2H3. The minimum absolute atomic E-state index is 0.170. The van der Waals surface area contributed by atoms with E-state index in [4.69, 9.17) is 10.5 Å². The van der Waals surface area contributed by atoms with Crippen LogP contribution in [0.4, 0.5) is 0 Å². The van der Waals surface area contributed by atoms with Crippen LogP contribution in [0.15, 0.2) is 24.3 Å². The monoisotopic (exact) mass is 193 g/mol. The maximum atomic E-state index is 5.50. The molecule has 2 N–H and O–H groups in total. The van der Waals surface area contributed by atoms with Crippen LogP contribution in [0.5, 0.6) is 0 Å².